The minimum atomic E-state index is -0.356. The number of amides is 1. The molecular formula is C18H19N5O2S. The number of thioether (sulfide) groups is 1. The Hall–Kier alpha value is -2.61. The van der Waals surface area contributed by atoms with Crippen LogP contribution in [0.2, 0.25) is 0 Å². The van der Waals surface area contributed by atoms with Crippen LogP contribution in [-0.4, -0.2) is 31.1 Å². The normalized spacial score (nSPS) is 15.0. The number of para-hydroxylation sites is 1. The summed E-state index contributed by atoms with van der Waals surface area (Å²) in [6, 6.07) is 11.7. The molecule has 0 spiro atoms. The molecule has 1 fully saturated rings. The van der Waals surface area contributed by atoms with Crippen molar-refractivity contribution in [1.29, 1.82) is 0 Å². The lowest BCUT2D eigenvalue weighted by molar-refractivity contribution is -0.115. The number of carbonyl (C=O) groups is 1. The zero-order valence-corrected chi connectivity index (χ0v) is 15.4. The largest absolute Gasteiger partial charge is 0.360 e. The standard InChI is InChI=1S/C18H19N5O2S/c1-11-10-15(22-25-11)19-17(24)12(2)26-18-21-20-16(13-8-9-13)23(18)14-6-4-3-5-7-14/h3-7,10,12-13H,8-9H2,1-2H3,(H,19,22,24)/t12-/m0/s1. The van der Waals surface area contributed by atoms with Gasteiger partial charge in [0.05, 0.1) is 5.25 Å². The first-order chi connectivity index (χ1) is 12.6. The smallest absolute Gasteiger partial charge is 0.238 e. The van der Waals surface area contributed by atoms with Crippen molar-refractivity contribution in [2.24, 2.45) is 0 Å². The van der Waals surface area contributed by atoms with E-state index in [-0.39, 0.29) is 11.2 Å². The lowest BCUT2D eigenvalue weighted by Crippen LogP contribution is -2.23. The Labute approximate surface area is 155 Å². The fraction of sp³-hybridized carbons (Fsp3) is 0.333. The van der Waals surface area contributed by atoms with Crippen molar-refractivity contribution in [3.05, 3.63) is 48.0 Å². The molecule has 3 aromatic rings. The van der Waals surface area contributed by atoms with Crippen LogP contribution in [-0.2, 0) is 4.79 Å². The third-order valence-corrected chi connectivity index (χ3v) is 5.19. The molecule has 0 aliphatic heterocycles. The predicted octanol–water partition coefficient (Wildman–Crippen LogP) is 3.56. The average Bonchev–Trinajstić information content (AvgIpc) is 3.28. The van der Waals surface area contributed by atoms with Crippen LogP contribution in [0.15, 0.2) is 46.1 Å². The van der Waals surface area contributed by atoms with Crippen LogP contribution in [0.4, 0.5) is 5.82 Å². The molecular weight excluding hydrogens is 350 g/mol. The maximum Gasteiger partial charge on any atom is 0.238 e. The first kappa shape index (κ1) is 16.8. The zero-order chi connectivity index (χ0) is 18.1. The number of nitrogens with one attached hydrogen (secondary N) is 1. The molecule has 1 aliphatic carbocycles. The predicted molar refractivity (Wildman–Crippen MR) is 98.5 cm³/mol. The van der Waals surface area contributed by atoms with E-state index in [1.807, 2.05) is 37.3 Å². The second kappa shape index (κ2) is 6.95. The van der Waals surface area contributed by atoms with E-state index in [0.717, 1.165) is 29.5 Å². The van der Waals surface area contributed by atoms with E-state index in [2.05, 4.69) is 25.2 Å². The molecule has 2 heterocycles. The topological polar surface area (TPSA) is 85.8 Å². The molecule has 2 aromatic heterocycles. The third-order valence-electron chi connectivity index (χ3n) is 4.15. The van der Waals surface area contributed by atoms with Crippen LogP contribution in [0.1, 0.15) is 37.3 Å². The highest BCUT2D eigenvalue weighted by molar-refractivity contribution is 8.00. The highest BCUT2D eigenvalue weighted by atomic mass is 32.2. The van der Waals surface area contributed by atoms with Crippen molar-refractivity contribution in [2.75, 3.05) is 5.32 Å². The van der Waals surface area contributed by atoms with Gasteiger partial charge in [-0.05, 0) is 38.8 Å². The van der Waals surface area contributed by atoms with Crippen LogP contribution in [0.3, 0.4) is 0 Å². The van der Waals surface area contributed by atoms with Crippen molar-refractivity contribution in [3.8, 4) is 5.69 Å². The van der Waals surface area contributed by atoms with E-state index in [1.165, 1.54) is 11.8 Å². The van der Waals surface area contributed by atoms with Gasteiger partial charge in [0.2, 0.25) is 5.91 Å². The monoisotopic (exact) mass is 369 g/mol. The van der Waals surface area contributed by atoms with Crippen molar-refractivity contribution in [3.63, 3.8) is 0 Å². The summed E-state index contributed by atoms with van der Waals surface area (Å²) in [4.78, 5) is 12.5. The van der Waals surface area contributed by atoms with Gasteiger partial charge in [0.15, 0.2) is 11.0 Å². The average molecular weight is 369 g/mol. The molecule has 0 saturated heterocycles. The summed E-state index contributed by atoms with van der Waals surface area (Å²) in [6.45, 7) is 3.62. The van der Waals surface area contributed by atoms with Crippen LogP contribution in [0.25, 0.3) is 5.69 Å². The van der Waals surface area contributed by atoms with Gasteiger partial charge in [-0.25, -0.2) is 0 Å². The van der Waals surface area contributed by atoms with Crippen LogP contribution in [0, 0.1) is 6.92 Å². The van der Waals surface area contributed by atoms with Gasteiger partial charge in [0, 0.05) is 17.7 Å². The van der Waals surface area contributed by atoms with E-state index in [4.69, 9.17) is 4.52 Å². The second-order valence-electron chi connectivity index (χ2n) is 6.36. The zero-order valence-electron chi connectivity index (χ0n) is 14.5. The number of rotatable bonds is 6. The lowest BCUT2D eigenvalue weighted by Gasteiger charge is -2.13. The summed E-state index contributed by atoms with van der Waals surface area (Å²) in [6.07, 6.45) is 2.27. The first-order valence-corrected chi connectivity index (χ1v) is 9.41. The first-order valence-electron chi connectivity index (χ1n) is 8.53. The molecule has 1 aromatic carbocycles. The summed E-state index contributed by atoms with van der Waals surface area (Å²) < 4.78 is 7.04. The van der Waals surface area contributed by atoms with E-state index >= 15 is 0 Å². The molecule has 1 N–H and O–H groups in total. The van der Waals surface area contributed by atoms with Crippen molar-refractivity contribution in [1.82, 2.24) is 19.9 Å². The SMILES string of the molecule is Cc1cc(NC(=O)[C@H](C)Sc2nnc(C3CC3)n2-c2ccccc2)no1. The van der Waals surface area contributed by atoms with Gasteiger partial charge in [0.1, 0.15) is 11.6 Å². The molecule has 0 radical (unpaired) electrons. The molecule has 0 bridgehead atoms. The van der Waals surface area contributed by atoms with Gasteiger partial charge in [-0.15, -0.1) is 10.2 Å². The highest BCUT2D eigenvalue weighted by Gasteiger charge is 2.31. The minimum absolute atomic E-state index is 0.154. The number of hydrogen-bond donors (Lipinski definition) is 1. The van der Waals surface area contributed by atoms with Gasteiger partial charge in [0.25, 0.3) is 0 Å². The molecule has 4 rings (SSSR count). The van der Waals surface area contributed by atoms with Gasteiger partial charge in [-0.1, -0.05) is 35.1 Å². The maximum atomic E-state index is 12.5. The Morgan fingerprint density at radius 2 is 2.08 bits per heavy atom. The van der Waals surface area contributed by atoms with E-state index in [1.54, 1.807) is 13.0 Å². The number of carbonyl (C=O) groups excluding carboxylic acids is 1. The van der Waals surface area contributed by atoms with E-state index < -0.39 is 0 Å². The fourth-order valence-corrected chi connectivity index (χ4v) is 3.52. The Balaban J connectivity index is 1.55. The number of aromatic nitrogens is 4. The fourth-order valence-electron chi connectivity index (χ4n) is 2.65. The molecule has 26 heavy (non-hydrogen) atoms. The number of anilines is 1. The van der Waals surface area contributed by atoms with E-state index in [0.29, 0.717) is 17.5 Å². The molecule has 1 saturated carbocycles. The summed E-state index contributed by atoms with van der Waals surface area (Å²) >= 11 is 1.38. The lowest BCUT2D eigenvalue weighted by atomic mass is 10.3. The Bertz CT molecular complexity index is 917. The molecule has 0 unspecified atom stereocenters. The van der Waals surface area contributed by atoms with Crippen molar-refractivity contribution < 1.29 is 9.32 Å². The number of aryl methyl sites for hydroxylation is 1. The maximum absolute atomic E-state index is 12.5. The van der Waals surface area contributed by atoms with E-state index in [9.17, 15) is 4.79 Å². The quantitative estimate of drug-likeness (QED) is 0.669. The molecule has 1 amide bonds. The Morgan fingerprint density at radius 1 is 1.31 bits per heavy atom. The number of benzene rings is 1. The second-order valence-corrected chi connectivity index (χ2v) is 7.67. The van der Waals surface area contributed by atoms with Gasteiger partial charge in [-0.3, -0.25) is 9.36 Å². The Morgan fingerprint density at radius 3 is 2.73 bits per heavy atom. The van der Waals surface area contributed by atoms with Crippen LogP contribution >= 0.6 is 11.8 Å². The molecule has 1 aliphatic rings. The van der Waals surface area contributed by atoms with Gasteiger partial charge in [-0.2, -0.15) is 0 Å². The van der Waals surface area contributed by atoms with Crippen LogP contribution < -0.4 is 5.32 Å². The molecule has 8 heteroatoms. The number of nitrogens with zero attached hydrogens (tertiary/aromatic N) is 4. The summed E-state index contributed by atoms with van der Waals surface area (Å²) in [5.41, 5.74) is 1.02. The summed E-state index contributed by atoms with van der Waals surface area (Å²) in [7, 11) is 0. The minimum Gasteiger partial charge on any atom is -0.360 e. The highest BCUT2D eigenvalue weighted by Crippen LogP contribution is 2.41. The number of hydrogen-bond acceptors (Lipinski definition) is 6. The molecule has 7 nitrogen and oxygen atoms in total. The summed E-state index contributed by atoms with van der Waals surface area (Å²) in [5.74, 6) is 2.35. The third kappa shape index (κ3) is 3.50. The van der Waals surface area contributed by atoms with Gasteiger partial charge >= 0.3 is 0 Å². The molecule has 1 atom stereocenters. The van der Waals surface area contributed by atoms with Crippen molar-refractivity contribution in [2.45, 2.75) is 43.0 Å². The van der Waals surface area contributed by atoms with Crippen LogP contribution in [0.5, 0.6) is 0 Å². The molecule has 134 valence electrons. The van der Waals surface area contributed by atoms with Gasteiger partial charge < -0.3 is 9.84 Å². The van der Waals surface area contributed by atoms with Crippen molar-refractivity contribution >= 4 is 23.5 Å². The Kier molecular flexibility index (Phi) is 4.50. The summed E-state index contributed by atoms with van der Waals surface area (Å²) in [5, 5.41) is 15.7.